The minimum absolute atomic E-state index is 0.0493. The van der Waals surface area contributed by atoms with Gasteiger partial charge in [0.1, 0.15) is 0 Å². The van der Waals surface area contributed by atoms with Gasteiger partial charge in [0.15, 0.2) is 11.7 Å². The van der Waals surface area contributed by atoms with Gasteiger partial charge in [-0.1, -0.05) is 63.2 Å². The molecule has 2 nitrogen and oxygen atoms in total. The summed E-state index contributed by atoms with van der Waals surface area (Å²) in [4.78, 5) is 2.36. The molecule has 1 unspecified atom stereocenters. The van der Waals surface area contributed by atoms with Crippen molar-refractivity contribution in [2.75, 3.05) is 4.90 Å². The Kier molecular flexibility index (Phi) is 5.77. The van der Waals surface area contributed by atoms with Crippen LogP contribution in [-0.2, 0) is 11.0 Å². The van der Waals surface area contributed by atoms with E-state index >= 15 is 0 Å². The summed E-state index contributed by atoms with van der Waals surface area (Å²) in [6, 6.07) is 35.1. The molecule has 0 spiro atoms. The number of fused-ring (bicyclic) bond motifs is 3. The van der Waals surface area contributed by atoms with Crippen LogP contribution in [-0.4, -0.2) is 0 Å². The number of nitrogens with zero attached hydrogens (tertiary/aromatic N) is 2. The van der Waals surface area contributed by atoms with Crippen LogP contribution in [0.3, 0.4) is 0 Å². The molecule has 2 heterocycles. The Balaban J connectivity index is 1.77. The highest BCUT2D eigenvalue weighted by Crippen LogP contribution is 2.52. The molecule has 2 heteroatoms. The van der Waals surface area contributed by atoms with Crippen LogP contribution in [0.2, 0.25) is 0 Å². The highest BCUT2D eigenvalue weighted by molar-refractivity contribution is 5.80. The van der Waals surface area contributed by atoms with Crippen LogP contribution in [0.25, 0.3) is 11.3 Å². The summed E-state index contributed by atoms with van der Waals surface area (Å²) in [6.45, 7) is 9.54. The van der Waals surface area contributed by atoms with Crippen molar-refractivity contribution in [2.24, 2.45) is 0 Å². The second kappa shape index (κ2) is 8.76. The normalized spacial score (nSPS) is 18.1. The first kappa shape index (κ1) is 22.4. The highest BCUT2D eigenvalue weighted by Gasteiger charge is 2.58. The lowest BCUT2D eigenvalue weighted by atomic mass is 9.59. The molecule has 4 aromatic rings. The van der Waals surface area contributed by atoms with Crippen LogP contribution in [0, 0.1) is 0 Å². The van der Waals surface area contributed by atoms with Gasteiger partial charge in [-0.2, -0.15) is 4.57 Å². The van der Waals surface area contributed by atoms with Gasteiger partial charge in [-0.05, 0) is 61.4 Å². The third-order valence-corrected chi connectivity index (χ3v) is 8.39. The van der Waals surface area contributed by atoms with Crippen LogP contribution < -0.4 is 9.47 Å². The molecule has 0 bridgehead atoms. The second-order valence-corrected chi connectivity index (χ2v) is 9.62. The molecule has 1 aromatic heterocycles. The smallest absolute Gasteiger partial charge is 0.213 e. The minimum atomic E-state index is 0.0493. The van der Waals surface area contributed by atoms with E-state index in [0.717, 1.165) is 19.3 Å². The first-order valence-corrected chi connectivity index (χ1v) is 12.7. The first-order valence-electron chi connectivity index (χ1n) is 12.7. The van der Waals surface area contributed by atoms with Gasteiger partial charge in [0.25, 0.3) is 0 Å². The number of benzene rings is 3. The van der Waals surface area contributed by atoms with Gasteiger partial charge in [0.05, 0.1) is 11.0 Å². The van der Waals surface area contributed by atoms with E-state index in [1.165, 1.54) is 33.9 Å². The molecule has 34 heavy (non-hydrogen) atoms. The molecule has 0 saturated carbocycles. The van der Waals surface area contributed by atoms with E-state index in [9.17, 15) is 0 Å². The van der Waals surface area contributed by atoms with Crippen molar-refractivity contribution in [1.29, 1.82) is 0 Å². The van der Waals surface area contributed by atoms with Crippen molar-refractivity contribution in [3.8, 4) is 11.3 Å². The fraction of sp³-hybridized carbons (Fsp3) is 0.281. The molecule has 0 fully saturated rings. The summed E-state index contributed by atoms with van der Waals surface area (Å²) in [5.41, 5.74) is 7.76. The Bertz CT molecular complexity index is 1240. The van der Waals surface area contributed by atoms with Gasteiger partial charge in [0, 0.05) is 42.0 Å². The Morgan fingerprint density at radius 1 is 0.647 bits per heavy atom. The molecule has 0 radical (unpaired) electrons. The standard InChI is InChI=1S/C32H35N2/c1-5-31(4)29-22-21-27(34(25-16-10-8-11-17-25)26-18-12-9-13-19-26)24-28(29)30-20-14-15-23-33(30)32(31,6-2)7-3/h8-24H,5-7H2,1-4H3/q+1. The largest absolute Gasteiger partial charge is 0.310 e. The van der Waals surface area contributed by atoms with E-state index in [4.69, 9.17) is 0 Å². The molecule has 0 amide bonds. The van der Waals surface area contributed by atoms with Gasteiger partial charge >= 0.3 is 0 Å². The topological polar surface area (TPSA) is 7.12 Å². The summed E-state index contributed by atoms with van der Waals surface area (Å²) in [5.74, 6) is 0. The predicted molar refractivity (Wildman–Crippen MR) is 143 cm³/mol. The Hall–Kier alpha value is -3.39. The molecule has 1 aliphatic heterocycles. The lowest BCUT2D eigenvalue weighted by molar-refractivity contribution is -0.769. The van der Waals surface area contributed by atoms with Gasteiger partial charge in [-0.15, -0.1) is 0 Å². The van der Waals surface area contributed by atoms with Gasteiger partial charge in [-0.25, -0.2) is 0 Å². The van der Waals surface area contributed by atoms with Gasteiger partial charge < -0.3 is 4.90 Å². The maximum Gasteiger partial charge on any atom is 0.213 e. The van der Waals surface area contributed by atoms with Crippen LogP contribution in [0.4, 0.5) is 17.1 Å². The number of aromatic nitrogens is 1. The molecule has 0 N–H and O–H groups in total. The zero-order valence-corrected chi connectivity index (χ0v) is 20.8. The maximum atomic E-state index is 2.58. The molecule has 0 saturated heterocycles. The average molecular weight is 448 g/mol. The minimum Gasteiger partial charge on any atom is -0.310 e. The first-order chi connectivity index (χ1) is 16.6. The van der Waals surface area contributed by atoms with E-state index in [1.807, 2.05) is 0 Å². The van der Waals surface area contributed by atoms with Crippen LogP contribution >= 0.6 is 0 Å². The van der Waals surface area contributed by atoms with E-state index in [2.05, 4.69) is 140 Å². The van der Waals surface area contributed by atoms with Gasteiger partial charge in [0.2, 0.25) is 5.69 Å². The molecular weight excluding hydrogens is 412 g/mol. The molecule has 1 atom stereocenters. The van der Waals surface area contributed by atoms with Crippen LogP contribution in [0.5, 0.6) is 0 Å². The third-order valence-electron chi connectivity index (χ3n) is 8.39. The number of hydrogen-bond donors (Lipinski definition) is 0. The van der Waals surface area contributed by atoms with Crippen LogP contribution in [0.1, 0.15) is 52.5 Å². The average Bonchev–Trinajstić information content (AvgIpc) is 2.91. The lowest BCUT2D eigenvalue weighted by Crippen LogP contribution is -2.68. The molecule has 172 valence electrons. The van der Waals surface area contributed by atoms with Crippen molar-refractivity contribution in [3.05, 3.63) is 109 Å². The third kappa shape index (κ3) is 3.20. The molecule has 3 aromatic carbocycles. The molecule has 5 rings (SSSR count). The van der Waals surface area contributed by atoms with Crippen molar-refractivity contribution in [3.63, 3.8) is 0 Å². The Morgan fingerprint density at radius 3 is 1.79 bits per heavy atom. The molecule has 1 aliphatic rings. The fourth-order valence-electron chi connectivity index (χ4n) is 6.41. The van der Waals surface area contributed by atoms with Crippen molar-refractivity contribution in [1.82, 2.24) is 0 Å². The second-order valence-electron chi connectivity index (χ2n) is 9.62. The number of hydrogen-bond acceptors (Lipinski definition) is 1. The van der Waals surface area contributed by atoms with Crippen molar-refractivity contribution in [2.45, 2.75) is 57.9 Å². The lowest BCUT2D eigenvalue weighted by Gasteiger charge is -2.47. The van der Waals surface area contributed by atoms with E-state index in [1.54, 1.807) is 0 Å². The Labute approximate surface area is 204 Å². The summed E-state index contributed by atoms with van der Waals surface area (Å²) in [5, 5.41) is 0. The van der Waals surface area contributed by atoms with Crippen LogP contribution in [0.15, 0.2) is 103 Å². The number of pyridine rings is 1. The quantitative estimate of drug-likeness (QED) is 0.270. The van der Waals surface area contributed by atoms with Crippen molar-refractivity contribution >= 4 is 17.1 Å². The zero-order valence-electron chi connectivity index (χ0n) is 20.8. The highest BCUT2D eigenvalue weighted by atomic mass is 15.1. The van der Waals surface area contributed by atoms with Crippen molar-refractivity contribution < 1.29 is 4.57 Å². The number of anilines is 3. The number of para-hydroxylation sites is 2. The zero-order chi connectivity index (χ0) is 23.8. The predicted octanol–water partition coefficient (Wildman–Crippen LogP) is 8.31. The SMILES string of the molecule is CCC1(C)c2ccc(N(c3ccccc3)c3ccccc3)cc2-c2cccc[n+]2C1(CC)CC. The monoisotopic (exact) mass is 447 g/mol. The Morgan fingerprint density at radius 2 is 1.24 bits per heavy atom. The van der Waals surface area contributed by atoms with E-state index < -0.39 is 0 Å². The molecule has 0 aliphatic carbocycles. The van der Waals surface area contributed by atoms with Gasteiger partial charge in [-0.3, -0.25) is 0 Å². The molecular formula is C32H35N2+. The summed E-state index contributed by atoms with van der Waals surface area (Å²) < 4.78 is 2.58. The van der Waals surface area contributed by atoms with E-state index in [-0.39, 0.29) is 11.0 Å². The summed E-state index contributed by atoms with van der Waals surface area (Å²) >= 11 is 0. The van der Waals surface area contributed by atoms with E-state index in [0.29, 0.717) is 0 Å². The summed E-state index contributed by atoms with van der Waals surface area (Å²) in [7, 11) is 0. The maximum absolute atomic E-state index is 2.58. The number of rotatable bonds is 6. The fourth-order valence-corrected chi connectivity index (χ4v) is 6.41. The summed E-state index contributed by atoms with van der Waals surface area (Å²) in [6.07, 6.45) is 5.62.